The van der Waals surface area contributed by atoms with Crippen LogP contribution in [-0.2, 0) is 9.84 Å². The summed E-state index contributed by atoms with van der Waals surface area (Å²) in [4.78, 5) is 4.70. The van der Waals surface area contributed by atoms with Gasteiger partial charge >= 0.3 is 0 Å². The number of sulfone groups is 1. The van der Waals surface area contributed by atoms with Gasteiger partial charge in [0.25, 0.3) is 0 Å². The first-order chi connectivity index (χ1) is 12.5. The highest BCUT2D eigenvalue weighted by Crippen LogP contribution is 2.16. The molecule has 0 fully saturated rings. The maximum Gasteiger partial charge on any atom is 0.191 e. The topological polar surface area (TPSA) is 82.6 Å². The number of nitrogens with zero attached hydrogens (tertiary/aromatic N) is 1. The zero-order valence-electron chi connectivity index (χ0n) is 17.5. The largest absolute Gasteiger partial charge is 0.357 e. The Labute approximate surface area is 165 Å². The van der Waals surface area contributed by atoms with Crippen molar-refractivity contribution in [2.45, 2.75) is 58.7 Å². The van der Waals surface area contributed by atoms with Crippen molar-refractivity contribution < 1.29 is 8.42 Å². The molecule has 27 heavy (non-hydrogen) atoms. The van der Waals surface area contributed by atoms with Crippen LogP contribution in [0, 0.1) is 0 Å². The molecule has 0 aliphatic carbocycles. The van der Waals surface area contributed by atoms with Crippen molar-refractivity contribution in [3.8, 4) is 0 Å². The van der Waals surface area contributed by atoms with Gasteiger partial charge in [0.1, 0.15) is 9.84 Å². The monoisotopic (exact) mass is 396 g/mol. The summed E-state index contributed by atoms with van der Waals surface area (Å²) in [7, 11) is -2.95. The lowest BCUT2D eigenvalue weighted by molar-refractivity contribution is 0.356. The average Bonchev–Trinajstić information content (AvgIpc) is 2.58. The molecule has 1 rings (SSSR count). The Hall–Kier alpha value is -1.60. The van der Waals surface area contributed by atoms with Gasteiger partial charge in [0.2, 0.25) is 0 Å². The number of rotatable bonds is 10. The van der Waals surface area contributed by atoms with Gasteiger partial charge in [-0.25, -0.2) is 8.42 Å². The summed E-state index contributed by atoms with van der Waals surface area (Å²) in [5.74, 6) is 0.878. The molecule has 0 heterocycles. The molecule has 1 aromatic carbocycles. The molecule has 0 amide bonds. The minimum absolute atomic E-state index is 0.0249. The molecule has 0 aliphatic heterocycles. The molecule has 0 bridgehead atoms. The first kappa shape index (κ1) is 23.4. The molecule has 154 valence electrons. The first-order valence-electron chi connectivity index (χ1n) is 9.57. The second-order valence-corrected chi connectivity index (χ2v) is 10.1. The van der Waals surface area contributed by atoms with Crippen LogP contribution >= 0.6 is 0 Å². The number of hydrogen-bond donors (Lipinski definition) is 3. The van der Waals surface area contributed by atoms with Crippen molar-refractivity contribution in [2.75, 3.05) is 25.1 Å². The molecular formula is C20H36N4O2S. The van der Waals surface area contributed by atoms with Crippen molar-refractivity contribution in [1.82, 2.24) is 16.0 Å². The van der Waals surface area contributed by atoms with E-state index in [2.05, 4.69) is 48.9 Å². The molecule has 0 saturated carbocycles. The molecule has 2 unspecified atom stereocenters. The van der Waals surface area contributed by atoms with Gasteiger partial charge in [-0.2, -0.15) is 0 Å². The molecular weight excluding hydrogens is 360 g/mol. The van der Waals surface area contributed by atoms with Gasteiger partial charge in [-0.15, -0.1) is 0 Å². The highest BCUT2D eigenvalue weighted by Gasteiger charge is 2.21. The Kier molecular flexibility index (Phi) is 9.26. The molecule has 6 nitrogen and oxygen atoms in total. The van der Waals surface area contributed by atoms with E-state index in [-0.39, 0.29) is 23.4 Å². The third-order valence-electron chi connectivity index (χ3n) is 4.19. The highest BCUT2D eigenvalue weighted by molar-refractivity contribution is 7.90. The van der Waals surface area contributed by atoms with E-state index in [0.717, 1.165) is 6.54 Å². The summed E-state index contributed by atoms with van der Waals surface area (Å²) in [6, 6.07) is 10.6. The minimum Gasteiger partial charge on any atom is -0.357 e. The van der Waals surface area contributed by atoms with Crippen molar-refractivity contribution in [3.05, 3.63) is 35.9 Å². The van der Waals surface area contributed by atoms with Gasteiger partial charge in [0, 0.05) is 30.4 Å². The second kappa shape index (κ2) is 10.7. The quantitative estimate of drug-likeness (QED) is 0.418. The Bertz CT molecular complexity index is 687. The summed E-state index contributed by atoms with van der Waals surface area (Å²) in [6.45, 7) is 11.7. The van der Waals surface area contributed by atoms with Crippen LogP contribution in [0.15, 0.2) is 35.3 Å². The van der Waals surface area contributed by atoms with Gasteiger partial charge in [0.05, 0.1) is 12.3 Å². The van der Waals surface area contributed by atoms with E-state index >= 15 is 0 Å². The molecule has 2 atom stereocenters. The summed E-state index contributed by atoms with van der Waals surface area (Å²) >= 11 is 0. The standard InChI is InChI=1S/C20H36N4O2S/c1-7-21-19(23-16(2)13-14-27(6,25)26)22-15-20(4,5)24-17(3)18-11-9-8-10-12-18/h8-12,16-17,24H,7,13-15H2,1-6H3,(H2,21,22,23). The zero-order valence-corrected chi connectivity index (χ0v) is 18.4. The zero-order chi connectivity index (χ0) is 20.5. The SMILES string of the molecule is CCNC(=NCC(C)(C)NC(C)c1ccccc1)NC(C)CCS(C)(=O)=O. The van der Waals surface area contributed by atoms with E-state index in [1.54, 1.807) is 0 Å². The number of hydrogen-bond acceptors (Lipinski definition) is 4. The lowest BCUT2D eigenvalue weighted by Gasteiger charge is -2.29. The maximum atomic E-state index is 11.3. The van der Waals surface area contributed by atoms with Gasteiger partial charge in [-0.1, -0.05) is 30.3 Å². The predicted octanol–water partition coefficient (Wildman–Crippen LogP) is 2.49. The number of benzene rings is 1. The molecule has 0 saturated heterocycles. The summed E-state index contributed by atoms with van der Waals surface area (Å²) in [5, 5.41) is 10.2. The van der Waals surface area contributed by atoms with Crippen LogP contribution in [0.4, 0.5) is 0 Å². The third kappa shape index (κ3) is 10.3. The van der Waals surface area contributed by atoms with Crippen LogP contribution < -0.4 is 16.0 Å². The van der Waals surface area contributed by atoms with Crippen molar-refractivity contribution in [2.24, 2.45) is 4.99 Å². The van der Waals surface area contributed by atoms with Gasteiger partial charge in [0.15, 0.2) is 5.96 Å². The van der Waals surface area contributed by atoms with E-state index in [4.69, 9.17) is 4.99 Å². The van der Waals surface area contributed by atoms with Crippen LogP contribution in [0.3, 0.4) is 0 Å². The van der Waals surface area contributed by atoms with Crippen LogP contribution in [0.1, 0.15) is 52.6 Å². The summed E-state index contributed by atoms with van der Waals surface area (Å²) in [5.41, 5.74) is 1.06. The normalized spacial score (nSPS) is 15.3. The average molecular weight is 397 g/mol. The third-order valence-corrected chi connectivity index (χ3v) is 5.17. The fourth-order valence-corrected chi connectivity index (χ4v) is 3.53. The Morgan fingerprint density at radius 2 is 1.81 bits per heavy atom. The molecule has 3 N–H and O–H groups in total. The Morgan fingerprint density at radius 3 is 2.37 bits per heavy atom. The molecule has 0 aromatic heterocycles. The smallest absolute Gasteiger partial charge is 0.191 e. The first-order valence-corrected chi connectivity index (χ1v) is 11.6. The maximum absolute atomic E-state index is 11.3. The minimum atomic E-state index is -2.95. The number of aliphatic imine (C=N–C) groups is 1. The van der Waals surface area contributed by atoms with Crippen LogP contribution in [0.5, 0.6) is 0 Å². The molecule has 0 spiro atoms. The molecule has 0 aliphatic rings. The van der Waals surface area contributed by atoms with Crippen LogP contribution in [-0.4, -0.2) is 51.1 Å². The number of nitrogens with one attached hydrogen (secondary N) is 3. The van der Waals surface area contributed by atoms with Crippen molar-refractivity contribution in [3.63, 3.8) is 0 Å². The molecule has 0 radical (unpaired) electrons. The number of guanidine groups is 1. The van der Waals surface area contributed by atoms with Crippen molar-refractivity contribution in [1.29, 1.82) is 0 Å². The van der Waals surface area contributed by atoms with E-state index < -0.39 is 9.84 Å². The molecule has 7 heteroatoms. The van der Waals surface area contributed by atoms with Crippen molar-refractivity contribution >= 4 is 15.8 Å². The Morgan fingerprint density at radius 1 is 1.19 bits per heavy atom. The fraction of sp³-hybridized carbons (Fsp3) is 0.650. The van der Waals surface area contributed by atoms with Gasteiger partial charge in [-0.05, 0) is 46.6 Å². The van der Waals surface area contributed by atoms with E-state index in [1.807, 2.05) is 32.0 Å². The fourth-order valence-electron chi connectivity index (χ4n) is 2.75. The van der Waals surface area contributed by atoms with Crippen LogP contribution in [0.2, 0.25) is 0 Å². The summed E-state index contributed by atoms with van der Waals surface area (Å²) in [6.07, 6.45) is 1.82. The van der Waals surface area contributed by atoms with E-state index in [9.17, 15) is 8.42 Å². The van der Waals surface area contributed by atoms with E-state index in [1.165, 1.54) is 11.8 Å². The lowest BCUT2D eigenvalue weighted by atomic mass is 10.0. The van der Waals surface area contributed by atoms with Gasteiger partial charge < -0.3 is 16.0 Å². The summed E-state index contributed by atoms with van der Waals surface area (Å²) < 4.78 is 22.7. The van der Waals surface area contributed by atoms with E-state index in [0.29, 0.717) is 18.9 Å². The predicted molar refractivity (Wildman–Crippen MR) is 115 cm³/mol. The van der Waals surface area contributed by atoms with Crippen LogP contribution in [0.25, 0.3) is 0 Å². The highest BCUT2D eigenvalue weighted by atomic mass is 32.2. The Balaban J connectivity index is 2.66. The lowest BCUT2D eigenvalue weighted by Crippen LogP contribution is -2.47. The second-order valence-electron chi connectivity index (χ2n) is 7.82. The van der Waals surface area contributed by atoms with Gasteiger partial charge in [-0.3, -0.25) is 4.99 Å². The molecule has 1 aromatic rings.